The first-order valence-electron chi connectivity index (χ1n) is 5.22. The van der Waals surface area contributed by atoms with Gasteiger partial charge in [-0.05, 0) is 23.8 Å². The number of benzene rings is 1. The van der Waals surface area contributed by atoms with Crippen molar-refractivity contribution in [2.45, 2.75) is 6.04 Å². The molecule has 0 aliphatic rings. The van der Waals surface area contributed by atoms with Crippen molar-refractivity contribution in [3.05, 3.63) is 59.7 Å². The average molecular weight is 232 g/mol. The fourth-order valence-corrected chi connectivity index (χ4v) is 1.72. The molecule has 1 aromatic heterocycles. The van der Waals surface area contributed by atoms with Gasteiger partial charge in [-0.1, -0.05) is 12.1 Å². The Morgan fingerprint density at radius 1 is 1.29 bits per heavy atom. The van der Waals surface area contributed by atoms with Crippen LogP contribution in [0, 0.1) is 5.82 Å². The summed E-state index contributed by atoms with van der Waals surface area (Å²) in [5.41, 5.74) is 7.13. The Bertz CT molecular complexity index is 502. The minimum absolute atomic E-state index is 0.350. The standard InChI is InChI=1S/C13H13FN2O/c1-17-11-6-2-5-10(14)12(11)13(15)9-4-3-7-16-8-9/h2-8,13H,15H2,1H3. The van der Waals surface area contributed by atoms with Gasteiger partial charge in [-0.25, -0.2) is 4.39 Å². The van der Waals surface area contributed by atoms with Crippen LogP contribution < -0.4 is 10.5 Å². The van der Waals surface area contributed by atoms with Gasteiger partial charge in [0.2, 0.25) is 0 Å². The summed E-state index contributed by atoms with van der Waals surface area (Å²) in [4.78, 5) is 3.97. The molecular formula is C13H13FN2O. The van der Waals surface area contributed by atoms with E-state index in [2.05, 4.69) is 4.98 Å². The molecule has 1 atom stereocenters. The second-order valence-electron chi connectivity index (χ2n) is 3.62. The van der Waals surface area contributed by atoms with E-state index in [4.69, 9.17) is 10.5 Å². The molecule has 0 aliphatic heterocycles. The first-order chi connectivity index (χ1) is 8.24. The molecule has 0 saturated heterocycles. The lowest BCUT2D eigenvalue weighted by molar-refractivity contribution is 0.402. The number of rotatable bonds is 3. The van der Waals surface area contributed by atoms with Crippen LogP contribution in [-0.2, 0) is 0 Å². The van der Waals surface area contributed by atoms with E-state index < -0.39 is 6.04 Å². The predicted octanol–water partition coefficient (Wildman–Crippen LogP) is 2.28. The third-order valence-corrected chi connectivity index (χ3v) is 2.59. The zero-order chi connectivity index (χ0) is 12.3. The second-order valence-corrected chi connectivity index (χ2v) is 3.62. The largest absolute Gasteiger partial charge is 0.496 e. The number of halogens is 1. The van der Waals surface area contributed by atoms with Gasteiger partial charge in [0.15, 0.2) is 0 Å². The minimum Gasteiger partial charge on any atom is -0.496 e. The van der Waals surface area contributed by atoms with Crippen LogP contribution in [0.25, 0.3) is 0 Å². The lowest BCUT2D eigenvalue weighted by Crippen LogP contribution is -2.15. The SMILES string of the molecule is COc1cccc(F)c1C(N)c1cccnc1. The van der Waals surface area contributed by atoms with Gasteiger partial charge in [0.05, 0.1) is 18.7 Å². The maximum atomic E-state index is 13.8. The van der Waals surface area contributed by atoms with Crippen molar-refractivity contribution in [1.29, 1.82) is 0 Å². The van der Waals surface area contributed by atoms with E-state index in [1.54, 1.807) is 30.6 Å². The maximum Gasteiger partial charge on any atom is 0.132 e. The maximum absolute atomic E-state index is 13.8. The highest BCUT2D eigenvalue weighted by atomic mass is 19.1. The van der Waals surface area contributed by atoms with Crippen molar-refractivity contribution in [2.75, 3.05) is 7.11 Å². The van der Waals surface area contributed by atoms with Crippen LogP contribution in [0.4, 0.5) is 4.39 Å². The summed E-state index contributed by atoms with van der Waals surface area (Å²) in [5, 5.41) is 0. The molecule has 17 heavy (non-hydrogen) atoms. The van der Waals surface area contributed by atoms with Crippen LogP contribution in [0.15, 0.2) is 42.7 Å². The van der Waals surface area contributed by atoms with Gasteiger partial charge in [-0.3, -0.25) is 4.98 Å². The van der Waals surface area contributed by atoms with E-state index in [-0.39, 0.29) is 5.82 Å². The highest BCUT2D eigenvalue weighted by Crippen LogP contribution is 2.30. The highest BCUT2D eigenvalue weighted by Gasteiger charge is 2.18. The van der Waals surface area contributed by atoms with E-state index in [0.29, 0.717) is 11.3 Å². The fourth-order valence-electron chi connectivity index (χ4n) is 1.72. The van der Waals surface area contributed by atoms with Crippen molar-refractivity contribution in [1.82, 2.24) is 4.98 Å². The summed E-state index contributed by atoms with van der Waals surface area (Å²) >= 11 is 0. The van der Waals surface area contributed by atoms with E-state index >= 15 is 0 Å². The number of nitrogens with two attached hydrogens (primary N) is 1. The van der Waals surface area contributed by atoms with Gasteiger partial charge in [0.25, 0.3) is 0 Å². The number of aromatic nitrogens is 1. The molecule has 1 unspecified atom stereocenters. The molecule has 88 valence electrons. The lowest BCUT2D eigenvalue weighted by atomic mass is 9.99. The van der Waals surface area contributed by atoms with Crippen LogP contribution in [0.3, 0.4) is 0 Å². The average Bonchev–Trinajstić information content (AvgIpc) is 2.38. The molecule has 2 rings (SSSR count). The zero-order valence-electron chi connectivity index (χ0n) is 9.43. The zero-order valence-corrected chi connectivity index (χ0v) is 9.43. The molecule has 0 radical (unpaired) electrons. The molecule has 2 N–H and O–H groups in total. The first-order valence-corrected chi connectivity index (χ1v) is 5.22. The number of nitrogens with zero attached hydrogens (tertiary/aromatic N) is 1. The third-order valence-electron chi connectivity index (χ3n) is 2.59. The third kappa shape index (κ3) is 2.26. The van der Waals surface area contributed by atoms with Crippen LogP contribution in [-0.4, -0.2) is 12.1 Å². The van der Waals surface area contributed by atoms with E-state index in [0.717, 1.165) is 5.56 Å². The molecule has 0 saturated carbocycles. The van der Waals surface area contributed by atoms with Gasteiger partial charge < -0.3 is 10.5 Å². The van der Waals surface area contributed by atoms with Crippen LogP contribution in [0.1, 0.15) is 17.2 Å². The van der Waals surface area contributed by atoms with Crippen molar-refractivity contribution >= 4 is 0 Å². The predicted molar refractivity (Wildman–Crippen MR) is 63.2 cm³/mol. The second kappa shape index (κ2) is 4.93. The molecule has 4 heteroatoms. The minimum atomic E-state index is -0.583. The quantitative estimate of drug-likeness (QED) is 0.883. The summed E-state index contributed by atoms with van der Waals surface area (Å²) in [6.07, 6.45) is 3.27. The normalized spacial score (nSPS) is 12.2. The molecule has 0 spiro atoms. The van der Waals surface area contributed by atoms with Gasteiger partial charge in [0, 0.05) is 12.4 Å². The summed E-state index contributed by atoms with van der Waals surface area (Å²) < 4.78 is 18.9. The van der Waals surface area contributed by atoms with Gasteiger partial charge in [-0.2, -0.15) is 0 Å². The van der Waals surface area contributed by atoms with Crippen LogP contribution in [0.5, 0.6) is 5.75 Å². The number of pyridine rings is 1. The van der Waals surface area contributed by atoms with Gasteiger partial charge in [0.1, 0.15) is 11.6 Å². The first kappa shape index (κ1) is 11.5. The van der Waals surface area contributed by atoms with Crippen LogP contribution >= 0.6 is 0 Å². The Balaban J connectivity index is 2.47. The Labute approximate surface area is 99.1 Å². The van der Waals surface area contributed by atoms with Crippen molar-refractivity contribution in [2.24, 2.45) is 5.73 Å². The smallest absolute Gasteiger partial charge is 0.132 e. The van der Waals surface area contributed by atoms with Crippen molar-refractivity contribution < 1.29 is 9.13 Å². The number of hydrogen-bond donors (Lipinski definition) is 1. The lowest BCUT2D eigenvalue weighted by Gasteiger charge is -2.16. The Morgan fingerprint density at radius 3 is 2.76 bits per heavy atom. The fraction of sp³-hybridized carbons (Fsp3) is 0.154. The van der Waals surface area contributed by atoms with E-state index in [1.807, 2.05) is 6.07 Å². The Kier molecular flexibility index (Phi) is 3.35. The molecule has 0 aliphatic carbocycles. The number of methoxy groups -OCH3 is 1. The highest BCUT2D eigenvalue weighted by molar-refractivity contribution is 5.41. The summed E-state index contributed by atoms with van der Waals surface area (Å²) in [6, 6.07) is 7.64. The molecule has 1 aromatic carbocycles. The van der Waals surface area contributed by atoms with E-state index in [9.17, 15) is 4.39 Å². The topological polar surface area (TPSA) is 48.1 Å². The molecule has 0 bridgehead atoms. The van der Waals surface area contributed by atoms with Crippen molar-refractivity contribution in [3.8, 4) is 5.75 Å². The van der Waals surface area contributed by atoms with Gasteiger partial charge >= 0.3 is 0 Å². The molecule has 0 fully saturated rings. The summed E-state index contributed by atoms with van der Waals surface area (Å²) in [5.74, 6) is 0.0713. The monoisotopic (exact) mass is 232 g/mol. The van der Waals surface area contributed by atoms with E-state index in [1.165, 1.54) is 13.2 Å². The van der Waals surface area contributed by atoms with Crippen LogP contribution in [0.2, 0.25) is 0 Å². The molecule has 0 amide bonds. The number of hydrogen-bond acceptors (Lipinski definition) is 3. The molecule has 2 aromatic rings. The van der Waals surface area contributed by atoms with Crippen molar-refractivity contribution in [3.63, 3.8) is 0 Å². The Hall–Kier alpha value is -1.94. The molecule has 1 heterocycles. The summed E-state index contributed by atoms with van der Waals surface area (Å²) in [6.45, 7) is 0. The molecular weight excluding hydrogens is 219 g/mol. The summed E-state index contributed by atoms with van der Waals surface area (Å²) in [7, 11) is 1.49. The Morgan fingerprint density at radius 2 is 2.12 bits per heavy atom. The molecule has 3 nitrogen and oxygen atoms in total. The number of ether oxygens (including phenoxy) is 1. The van der Waals surface area contributed by atoms with Gasteiger partial charge in [-0.15, -0.1) is 0 Å².